The predicted octanol–water partition coefficient (Wildman–Crippen LogP) is 4.12. The van der Waals surface area contributed by atoms with Gasteiger partial charge < -0.3 is 10.1 Å². The van der Waals surface area contributed by atoms with Crippen LogP contribution < -0.4 is 10.1 Å². The van der Waals surface area contributed by atoms with Crippen LogP contribution >= 0.6 is 0 Å². The van der Waals surface area contributed by atoms with E-state index in [2.05, 4.69) is 24.6 Å². The van der Waals surface area contributed by atoms with Gasteiger partial charge in [0.25, 0.3) is 0 Å². The summed E-state index contributed by atoms with van der Waals surface area (Å²) in [6.45, 7) is 0. The van der Waals surface area contributed by atoms with E-state index in [0.29, 0.717) is 5.56 Å². The molecule has 1 aromatic heterocycles. The molecule has 3 rings (SSSR count). The Morgan fingerprint density at radius 1 is 1.20 bits per heavy atom. The van der Waals surface area contributed by atoms with Gasteiger partial charge in [-0.15, -0.1) is 0 Å². The van der Waals surface area contributed by atoms with Crippen LogP contribution in [0.3, 0.4) is 0 Å². The summed E-state index contributed by atoms with van der Waals surface area (Å²) in [4.78, 5) is 12.3. The quantitative estimate of drug-likeness (QED) is 0.589. The van der Waals surface area contributed by atoms with Crippen molar-refractivity contribution in [1.29, 1.82) is 5.26 Å². The van der Waals surface area contributed by atoms with Gasteiger partial charge in [0.1, 0.15) is 17.9 Å². The van der Waals surface area contributed by atoms with E-state index in [4.69, 9.17) is 10.00 Å². The summed E-state index contributed by atoms with van der Waals surface area (Å²) in [6, 6.07) is 6.27. The summed E-state index contributed by atoms with van der Waals surface area (Å²) < 4.78 is 50.4. The molecule has 0 aliphatic heterocycles. The summed E-state index contributed by atoms with van der Waals surface area (Å²) in [5.41, 5.74) is 0.710. The molecule has 30 heavy (non-hydrogen) atoms. The molecule has 7 nitrogen and oxygen atoms in total. The Morgan fingerprint density at radius 3 is 2.73 bits per heavy atom. The van der Waals surface area contributed by atoms with Gasteiger partial charge in [0, 0.05) is 29.1 Å². The number of hydrogen-bond acceptors (Lipinski definition) is 7. The number of aromatic nitrogens is 3. The first kappa shape index (κ1) is 21.2. The topological polar surface area (TPSA) is 96.1 Å². The molecule has 0 bridgehead atoms. The van der Waals surface area contributed by atoms with Gasteiger partial charge in [-0.05, 0) is 24.5 Å². The molecule has 11 heteroatoms. The minimum absolute atomic E-state index is 0.0665. The molecule has 0 spiro atoms. The first-order valence-corrected chi connectivity index (χ1v) is 10.2. The summed E-state index contributed by atoms with van der Waals surface area (Å²) in [6.07, 6.45) is 4.53. The zero-order valence-electron chi connectivity index (χ0n) is 15.9. The largest absolute Gasteiger partial charge is 0.496 e. The molecule has 3 aromatic rings. The molecule has 0 amide bonds. The Morgan fingerprint density at radius 2 is 2.00 bits per heavy atom. The van der Waals surface area contributed by atoms with E-state index < -0.39 is 28.1 Å². The maximum Gasteiger partial charge on any atom is 0.230 e. The highest BCUT2D eigenvalue weighted by Crippen LogP contribution is 2.29. The van der Waals surface area contributed by atoms with Crippen LogP contribution in [0.15, 0.2) is 41.0 Å². The average molecular weight is 432 g/mol. The van der Waals surface area contributed by atoms with Crippen molar-refractivity contribution < 1.29 is 17.9 Å². The van der Waals surface area contributed by atoms with E-state index in [1.807, 2.05) is 0 Å². The lowest BCUT2D eigenvalue weighted by atomic mass is 10.2. The second kappa shape index (κ2) is 9.32. The third-order valence-corrected chi connectivity index (χ3v) is 5.02. The number of methoxy groups -OCH3 is 1. The van der Waals surface area contributed by atoms with Gasteiger partial charge in [-0.2, -0.15) is 14.6 Å². The number of nitrogens with one attached hydrogen (secondary N) is 1. The van der Waals surface area contributed by atoms with Crippen molar-refractivity contribution in [3.63, 3.8) is 0 Å². The summed E-state index contributed by atoms with van der Waals surface area (Å²) >= 11 is 0. The zero-order chi connectivity index (χ0) is 21.7. The summed E-state index contributed by atoms with van der Waals surface area (Å²) in [5, 5.41) is 11.4. The molecule has 0 aliphatic carbocycles. The molecule has 1 unspecified atom stereocenters. The van der Waals surface area contributed by atoms with Crippen LogP contribution in [0.2, 0.25) is 0 Å². The molecule has 0 aliphatic rings. The smallest absolute Gasteiger partial charge is 0.230 e. The molecule has 0 fully saturated rings. The molecule has 0 saturated carbocycles. The van der Waals surface area contributed by atoms with Gasteiger partial charge in [0.2, 0.25) is 12.1 Å². The number of ether oxygens (including phenoxy) is 1. The number of hydrogen-bond donors (Lipinski definition) is 1. The molecule has 1 heterocycles. The van der Waals surface area contributed by atoms with Gasteiger partial charge in [0.05, 0.1) is 12.7 Å². The fraction of sp³-hybridized carbons (Fsp3) is 0.158. The lowest BCUT2D eigenvalue weighted by Crippen LogP contribution is -2.04. The third kappa shape index (κ3) is 4.90. The summed E-state index contributed by atoms with van der Waals surface area (Å²) in [7, 11) is 0.606. The Bertz CT molecular complexity index is 1170. The van der Waals surface area contributed by atoms with Crippen LogP contribution in [0.4, 0.5) is 24.8 Å². The molecular formula is C19H15F3N6OS. The van der Waals surface area contributed by atoms with Crippen molar-refractivity contribution in [3.05, 3.63) is 59.7 Å². The molecule has 1 N–H and O–H groups in total. The molecule has 0 saturated heterocycles. The van der Waals surface area contributed by atoms with Gasteiger partial charge >= 0.3 is 0 Å². The minimum Gasteiger partial charge on any atom is -0.496 e. The second-order valence-corrected chi connectivity index (χ2v) is 7.64. The van der Waals surface area contributed by atoms with E-state index in [9.17, 15) is 13.2 Å². The normalized spacial score (nSPS) is 11.7. The van der Waals surface area contributed by atoms with Crippen LogP contribution in [-0.4, -0.2) is 28.3 Å². The number of benzene rings is 2. The highest BCUT2D eigenvalue weighted by Gasteiger charge is 2.14. The van der Waals surface area contributed by atoms with Crippen LogP contribution in [-0.2, 0) is 16.4 Å². The Hall–Kier alpha value is -3.52. The van der Waals surface area contributed by atoms with Gasteiger partial charge in [-0.25, -0.2) is 23.1 Å². The van der Waals surface area contributed by atoms with Crippen molar-refractivity contribution in [2.24, 2.45) is 4.36 Å². The van der Waals surface area contributed by atoms with E-state index in [-0.39, 0.29) is 34.5 Å². The summed E-state index contributed by atoms with van der Waals surface area (Å²) in [5.74, 6) is -1.95. The molecule has 2 aromatic carbocycles. The van der Waals surface area contributed by atoms with E-state index in [0.717, 1.165) is 6.07 Å². The fourth-order valence-electron chi connectivity index (χ4n) is 2.62. The molecule has 0 radical (unpaired) electrons. The number of rotatable bonds is 6. The Labute approximate surface area is 172 Å². The highest BCUT2D eigenvalue weighted by atomic mass is 32.2. The Kier molecular flexibility index (Phi) is 6.58. The van der Waals surface area contributed by atoms with Crippen LogP contribution in [0, 0.1) is 28.9 Å². The molecular weight excluding hydrogens is 417 g/mol. The number of nitrogens with zero attached hydrogens (tertiary/aromatic N) is 5. The van der Waals surface area contributed by atoms with Crippen molar-refractivity contribution in [1.82, 2.24) is 15.0 Å². The van der Waals surface area contributed by atoms with E-state index in [1.165, 1.54) is 37.7 Å². The maximum atomic E-state index is 14.1. The average Bonchev–Trinajstić information content (AvgIpc) is 2.72. The second-order valence-electron chi connectivity index (χ2n) is 5.97. The monoisotopic (exact) mass is 432 g/mol. The van der Waals surface area contributed by atoms with Crippen LogP contribution in [0.5, 0.6) is 5.75 Å². The van der Waals surface area contributed by atoms with Gasteiger partial charge in [0.15, 0.2) is 17.5 Å². The number of anilines is 2. The fourth-order valence-corrected chi connectivity index (χ4v) is 3.48. The van der Waals surface area contributed by atoms with Gasteiger partial charge in [-0.1, -0.05) is 10.7 Å². The number of nitriles is 1. The minimum atomic E-state index is -1.06. The van der Waals surface area contributed by atoms with Crippen LogP contribution in [0.25, 0.3) is 11.4 Å². The Balaban J connectivity index is 1.93. The highest BCUT2D eigenvalue weighted by molar-refractivity contribution is 7.85. The lowest BCUT2D eigenvalue weighted by Gasteiger charge is -2.11. The number of halogens is 3. The van der Waals surface area contributed by atoms with Crippen LogP contribution in [0.1, 0.15) is 5.56 Å². The van der Waals surface area contributed by atoms with Crippen molar-refractivity contribution in [3.8, 4) is 23.3 Å². The molecule has 1 atom stereocenters. The third-order valence-electron chi connectivity index (χ3n) is 3.90. The zero-order valence-corrected chi connectivity index (χ0v) is 16.7. The van der Waals surface area contributed by atoms with E-state index in [1.54, 1.807) is 12.4 Å². The maximum absolute atomic E-state index is 14.1. The van der Waals surface area contributed by atoms with E-state index >= 15 is 0 Å². The van der Waals surface area contributed by atoms with Crippen molar-refractivity contribution in [2.75, 3.05) is 18.7 Å². The lowest BCUT2D eigenvalue weighted by molar-refractivity contribution is 0.412. The van der Waals surface area contributed by atoms with Crippen molar-refractivity contribution >= 4 is 22.3 Å². The van der Waals surface area contributed by atoms with Gasteiger partial charge in [-0.3, -0.25) is 0 Å². The first-order chi connectivity index (χ1) is 14.4. The SMILES string of the molecule is COc1cc(F)ccc1-c1ncnc(Nc2cc(F)c(F)c(C/S(C)=N\C#N)c2)n1. The molecule has 154 valence electrons. The standard InChI is InChI=1S/C19H15F3N6OS/c1-29-16-6-12(20)3-4-14(16)18-24-10-25-19(28-18)27-13-5-11(8-30(2)26-9-23)17(22)15(21)7-13/h3-7,10H,8H2,1-2H3,(H,24,25,27,28). The van der Waals surface area contributed by atoms with Crippen molar-refractivity contribution in [2.45, 2.75) is 5.75 Å². The first-order valence-electron chi connectivity index (χ1n) is 8.41. The predicted molar refractivity (Wildman–Crippen MR) is 106 cm³/mol.